The maximum Gasteiger partial charge on any atom is 0.321 e. The minimum Gasteiger partial charge on any atom is -0.480 e. The standard InChI is InChI=1S/C32H36N2O10S4/c1-3-25(35)43-23-11-7-5-9-19(23)29-33(21(17-45-29)31(39)40)15-13-27(37)47-48-28(38)14-16-34-22(32(41)42)18-46-30(34)20-10-6-8-12-24(20)44-26(36)4-2/h5-12,21-22,29-30H,3-4,13-18H2,1-2H3,(H,39,40)(H,41,42). The Kier molecular flexibility index (Phi) is 14.3. The van der Waals surface area contributed by atoms with Crippen molar-refractivity contribution in [3.8, 4) is 11.5 Å². The number of hydrogen-bond acceptors (Lipinski definition) is 14. The van der Waals surface area contributed by atoms with Gasteiger partial charge in [0.15, 0.2) is 0 Å². The molecule has 4 unspecified atom stereocenters. The summed E-state index contributed by atoms with van der Waals surface area (Å²) in [6, 6.07) is 12.1. The van der Waals surface area contributed by atoms with Crippen LogP contribution in [-0.2, 0) is 28.8 Å². The third kappa shape index (κ3) is 9.79. The van der Waals surface area contributed by atoms with E-state index in [1.54, 1.807) is 72.2 Å². The predicted octanol–water partition coefficient (Wildman–Crippen LogP) is 5.23. The minimum atomic E-state index is -1.03. The Morgan fingerprint density at radius 3 is 1.42 bits per heavy atom. The van der Waals surface area contributed by atoms with E-state index >= 15 is 0 Å². The van der Waals surface area contributed by atoms with Crippen molar-refractivity contribution in [1.29, 1.82) is 0 Å². The summed E-state index contributed by atoms with van der Waals surface area (Å²) in [6.07, 6.45) is 0.304. The van der Waals surface area contributed by atoms with Gasteiger partial charge in [-0.15, -0.1) is 23.5 Å². The lowest BCUT2D eigenvalue weighted by molar-refractivity contribution is -0.143. The van der Waals surface area contributed by atoms with Crippen molar-refractivity contribution in [2.75, 3.05) is 24.6 Å². The van der Waals surface area contributed by atoms with Crippen LogP contribution in [0.2, 0.25) is 0 Å². The minimum absolute atomic E-state index is 0.0259. The van der Waals surface area contributed by atoms with Gasteiger partial charge in [0, 0.05) is 61.4 Å². The van der Waals surface area contributed by atoms with Gasteiger partial charge in [0.05, 0.1) is 10.7 Å². The van der Waals surface area contributed by atoms with Gasteiger partial charge in [0.25, 0.3) is 0 Å². The Hall–Kier alpha value is -3.02. The van der Waals surface area contributed by atoms with Crippen molar-refractivity contribution in [3.05, 3.63) is 59.7 Å². The maximum atomic E-state index is 12.9. The Balaban J connectivity index is 1.34. The number of para-hydroxylation sites is 2. The molecular weight excluding hydrogens is 701 g/mol. The number of nitrogens with zero attached hydrogens (tertiary/aromatic N) is 2. The molecule has 0 aromatic heterocycles. The molecule has 4 rings (SSSR count). The molecular formula is C32H36N2O10S4. The van der Waals surface area contributed by atoms with Gasteiger partial charge in [-0.2, -0.15) is 0 Å². The molecule has 0 saturated carbocycles. The number of hydrogen-bond donors (Lipinski definition) is 2. The van der Waals surface area contributed by atoms with E-state index in [9.17, 15) is 39.0 Å². The molecule has 258 valence electrons. The monoisotopic (exact) mass is 736 g/mol. The largest absolute Gasteiger partial charge is 0.480 e. The van der Waals surface area contributed by atoms with Crippen LogP contribution in [0.1, 0.15) is 61.4 Å². The fraction of sp³-hybridized carbons (Fsp3) is 0.438. The van der Waals surface area contributed by atoms with Crippen LogP contribution in [0.3, 0.4) is 0 Å². The molecule has 48 heavy (non-hydrogen) atoms. The van der Waals surface area contributed by atoms with E-state index in [0.717, 1.165) is 21.6 Å². The van der Waals surface area contributed by atoms with Crippen molar-refractivity contribution < 1.29 is 48.5 Å². The highest BCUT2D eigenvalue weighted by Gasteiger charge is 2.42. The van der Waals surface area contributed by atoms with Gasteiger partial charge in [0.2, 0.25) is 10.2 Å². The molecule has 2 aliphatic rings. The number of carbonyl (C=O) groups is 6. The first-order valence-electron chi connectivity index (χ1n) is 15.2. The molecule has 16 heteroatoms. The van der Waals surface area contributed by atoms with Crippen LogP contribution in [0, 0.1) is 0 Å². The molecule has 2 saturated heterocycles. The molecule has 0 spiro atoms. The van der Waals surface area contributed by atoms with Crippen LogP contribution in [0.5, 0.6) is 11.5 Å². The van der Waals surface area contributed by atoms with E-state index in [1.807, 2.05) is 0 Å². The molecule has 2 fully saturated rings. The average Bonchev–Trinajstić information content (AvgIpc) is 3.70. The van der Waals surface area contributed by atoms with Crippen LogP contribution >= 0.6 is 45.1 Å². The number of rotatable bonds is 14. The lowest BCUT2D eigenvalue weighted by Crippen LogP contribution is -2.40. The molecule has 2 aliphatic heterocycles. The quantitative estimate of drug-likeness (QED) is 0.147. The first-order chi connectivity index (χ1) is 23.0. The highest BCUT2D eigenvalue weighted by molar-refractivity contribution is 8.87. The second kappa shape index (κ2) is 18.1. The summed E-state index contributed by atoms with van der Waals surface area (Å²) in [5, 5.41) is 18.2. The van der Waals surface area contributed by atoms with Crippen LogP contribution in [-0.4, -0.2) is 90.8 Å². The van der Waals surface area contributed by atoms with Crippen LogP contribution in [0.25, 0.3) is 0 Å². The SMILES string of the molecule is CCC(=O)Oc1ccccc1C1SCC(C(=O)O)N1CCC(=O)SSC(=O)CCN1C(C(=O)O)CSC1c1ccccc1OC(=O)CC. The highest BCUT2D eigenvalue weighted by Crippen LogP contribution is 2.46. The molecule has 4 atom stereocenters. The fourth-order valence-electron chi connectivity index (χ4n) is 5.15. The first kappa shape index (κ1) is 37.8. The van der Waals surface area contributed by atoms with E-state index in [2.05, 4.69) is 0 Å². The van der Waals surface area contributed by atoms with Gasteiger partial charge in [-0.3, -0.25) is 38.6 Å². The molecule has 2 aromatic rings. The summed E-state index contributed by atoms with van der Waals surface area (Å²) in [5.41, 5.74) is 1.28. The van der Waals surface area contributed by atoms with E-state index in [0.29, 0.717) is 22.6 Å². The third-order valence-corrected chi connectivity index (χ3v) is 12.5. The predicted molar refractivity (Wildman–Crippen MR) is 186 cm³/mol. The number of carboxylic acids is 2. The summed E-state index contributed by atoms with van der Waals surface area (Å²) >= 11 is 2.77. The topological polar surface area (TPSA) is 168 Å². The van der Waals surface area contributed by atoms with Gasteiger partial charge >= 0.3 is 23.9 Å². The number of carbonyl (C=O) groups excluding carboxylic acids is 4. The second-order valence-electron chi connectivity index (χ2n) is 10.7. The highest BCUT2D eigenvalue weighted by atomic mass is 33.1. The maximum absolute atomic E-state index is 12.9. The molecule has 0 aliphatic carbocycles. The lowest BCUT2D eigenvalue weighted by Gasteiger charge is -2.28. The number of benzene rings is 2. The van der Waals surface area contributed by atoms with E-state index in [-0.39, 0.29) is 60.5 Å². The zero-order valence-electron chi connectivity index (χ0n) is 26.3. The van der Waals surface area contributed by atoms with Gasteiger partial charge < -0.3 is 19.7 Å². The Labute approximate surface area is 294 Å². The molecule has 12 nitrogen and oxygen atoms in total. The molecule has 2 N–H and O–H groups in total. The summed E-state index contributed by atoms with van der Waals surface area (Å²) in [5.74, 6) is -1.64. The third-order valence-electron chi connectivity index (χ3n) is 7.57. The number of esters is 2. The van der Waals surface area contributed by atoms with E-state index in [4.69, 9.17) is 9.47 Å². The number of ether oxygens (including phenoxy) is 2. The summed E-state index contributed by atoms with van der Waals surface area (Å²) in [7, 11) is 1.54. The number of carboxylic acid groups (broad SMARTS) is 2. The van der Waals surface area contributed by atoms with E-state index in [1.165, 1.54) is 23.5 Å². The van der Waals surface area contributed by atoms with Crippen molar-refractivity contribution in [2.45, 2.75) is 62.4 Å². The Morgan fingerprint density at radius 1 is 0.688 bits per heavy atom. The van der Waals surface area contributed by atoms with Gasteiger partial charge in [0.1, 0.15) is 23.6 Å². The second-order valence-corrected chi connectivity index (χ2v) is 15.2. The fourth-order valence-corrected chi connectivity index (χ4v) is 9.77. The van der Waals surface area contributed by atoms with Crippen molar-refractivity contribution in [2.24, 2.45) is 0 Å². The normalized spacial score (nSPS) is 21.1. The number of aliphatic carboxylic acids is 2. The smallest absolute Gasteiger partial charge is 0.321 e. The Bertz CT molecular complexity index is 1410. The van der Waals surface area contributed by atoms with Crippen LogP contribution in [0.4, 0.5) is 0 Å². The number of thioether (sulfide) groups is 2. The van der Waals surface area contributed by atoms with Gasteiger partial charge in [-0.25, -0.2) is 0 Å². The molecule has 2 aromatic carbocycles. The summed E-state index contributed by atoms with van der Waals surface area (Å²) in [4.78, 5) is 77.2. The van der Waals surface area contributed by atoms with Crippen molar-refractivity contribution >= 4 is 79.2 Å². The van der Waals surface area contributed by atoms with E-state index < -0.39 is 46.7 Å². The lowest BCUT2D eigenvalue weighted by atomic mass is 10.1. The molecule has 0 radical (unpaired) electrons. The van der Waals surface area contributed by atoms with Gasteiger partial charge in [-0.1, -0.05) is 50.2 Å². The molecule has 0 amide bonds. The summed E-state index contributed by atoms with van der Waals surface area (Å²) in [6.45, 7) is 3.58. The van der Waals surface area contributed by atoms with Crippen LogP contribution < -0.4 is 9.47 Å². The van der Waals surface area contributed by atoms with Crippen molar-refractivity contribution in [3.63, 3.8) is 0 Å². The first-order valence-corrected chi connectivity index (χ1v) is 19.5. The summed E-state index contributed by atoms with van der Waals surface area (Å²) < 4.78 is 11.0. The molecule has 0 bridgehead atoms. The zero-order chi connectivity index (χ0) is 34.8. The van der Waals surface area contributed by atoms with Gasteiger partial charge in [-0.05, 0) is 33.7 Å². The van der Waals surface area contributed by atoms with Crippen LogP contribution in [0.15, 0.2) is 48.5 Å². The average molecular weight is 737 g/mol. The van der Waals surface area contributed by atoms with Crippen molar-refractivity contribution in [1.82, 2.24) is 9.80 Å². The zero-order valence-corrected chi connectivity index (χ0v) is 29.5. The Morgan fingerprint density at radius 2 is 1.06 bits per heavy atom. The molecule has 2 heterocycles.